The predicted molar refractivity (Wildman–Crippen MR) is 121 cm³/mol. The first-order valence-corrected chi connectivity index (χ1v) is 11.0. The van der Waals surface area contributed by atoms with Crippen molar-refractivity contribution in [2.24, 2.45) is 0 Å². The summed E-state index contributed by atoms with van der Waals surface area (Å²) >= 11 is 0. The molecule has 33 heavy (non-hydrogen) atoms. The highest BCUT2D eigenvalue weighted by Gasteiger charge is 2.32. The van der Waals surface area contributed by atoms with Crippen molar-refractivity contribution >= 4 is 10.9 Å². The van der Waals surface area contributed by atoms with Gasteiger partial charge < -0.3 is 10.1 Å². The second-order valence-corrected chi connectivity index (χ2v) is 8.64. The van der Waals surface area contributed by atoms with E-state index < -0.39 is 6.04 Å². The first kappa shape index (κ1) is 21.4. The molecule has 1 atom stereocenters. The summed E-state index contributed by atoms with van der Waals surface area (Å²) in [4.78, 5) is 18.4. The number of hydrogen-bond acceptors (Lipinski definition) is 6. The van der Waals surface area contributed by atoms with Crippen molar-refractivity contribution in [1.29, 1.82) is 0 Å². The Hall–Kier alpha value is -3.43. The van der Waals surface area contributed by atoms with Gasteiger partial charge in [0.25, 0.3) is 5.56 Å². The fourth-order valence-electron chi connectivity index (χ4n) is 4.46. The van der Waals surface area contributed by atoms with E-state index >= 15 is 0 Å². The van der Waals surface area contributed by atoms with Crippen LogP contribution in [0.2, 0.25) is 0 Å². The van der Waals surface area contributed by atoms with E-state index in [4.69, 9.17) is 0 Å². The number of hydrogen-bond donors (Lipinski definition) is 2. The Kier molecular flexibility index (Phi) is 5.74. The number of piperidine rings is 1. The third-order valence-corrected chi connectivity index (χ3v) is 6.24. The van der Waals surface area contributed by atoms with Crippen LogP contribution in [0, 0.1) is 12.7 Å². The van der Waals surface area contributed by atoms with Crippen molar-refractivity contribution in [2.45, 2.75) is 38.5 Å². The standard InChI is InChI=1S/C24H25FN6O2/c1-15-2-5-17-13-20(24(33)26-21(17)12-15)22(30-10-8-19(32)9-11-30)23-27-28-29-31(23)14-16-3-6-18(25)7-4-16/h2-7,12-13,19,22,32H,8-11,14H2,1H3,(H,26,33)/t22-/m1/s1. The number of likely N-dealkylation sites (tertiary alicyclic amines) is 1. The molecule has 0 aliphatic carbocycles. The summed E-state index contributed by atoms with van der Waals surface area (Å²) in [6, 6.07) is 13.6. The number of aromatic amines is 1. The van der Waals surface area contributed by atoms with Gasteiger partial charge in [-0.3, -0.25) is 9.69 Å². The van der Waals surface area contributed by atoms with E-state index in [1.165, 1.54) is 12.1 Å². The molecule has 3 heterocycles. The van der Waals surface area contributed by atoms with Gasteiger partial charge in [0, 0.05) is 24.2 Å². The predicted octanol–water partition coefficient (Wildman–Crippen LogP) is 2.56. The van der Waals surface area contributed by atoms with Crippen molar-refractivity contribution in [3.8, 4) is 0 Å². The molecule has 0 bridgehead atoms. The van der Waals surface area contributed by atoms with Crippen LogP contribution < -0.4 is 5.56 Å². The van der Waals surface area contributed by atoms with E-state index in [9.17, 15) is 14.3 Å². The van der Waals surface area contributed by atoms with Crippen molar-refractivity contribution in [1.82, 2.24) is 30.1 Å². The molecular formula is C24H25FN6O2. The molecule has 2 aromatic carbocycles. The van der Waals surface area contributed by atoms with Crippen LogP contribution in [0.5, 0.6) is 0 Å². The highest BCUT2D eigenvalue weighted by molar-refractivity contribution is 5.79. The lowest BCUT2D eigenvalue weighted by Crippen LogP contribution is -2.41. The highest BCUT2D eigenvalue weighted by Crippen LogP contribution is 2.29. The molecule has 1 saturated heterocycles. The van der Waals surface area contributed by atoms with E-state index in [1.54, 1.807) is 16.8 Å². The van der Waals surface area contributed by atoms with E-state index in [2.05, 4.69) is 25.4 Å². The molecule has 170 valence electrons. The lowest BCUT2D eigenvalue weighted by Gasteiger charge is -2.35. The second-order valence-electron chi connectivity index (χ2n) is 8.64. The van der Waals surface area contributed by atoms with Crippen molar-refractivity contribution < 1.29 is 9.50 Å². The van der Waals surface area contributed by atoms with Crippen molar-refractivity contribution in [3.05, 3.63) is 87.2 Å². The van der Waals surface area contributed by atoms with Gasteiger partial charge in [-0.1, -0.05) is 24.3 Å². The zero-order chi connectivity index (χ0) is 22.9. The van der Waals surface area contributed by atoms with Gasteiger partial charge in [-0.25, -0.2) is 9.07 Å². The van der Waals surface area contributed by atoms with Crippen LogP contribution >= 0.6 is 0 Å². The number of nitrogens with zero attached hydrogens (tertiary/aromatic N) is 5. The molecule has 1 aliphatic rings. The molecule has 0 amide bonds. The first-order chi connectivity index (χ1) is 16.0. The number of H-pyrrole nitrogens is 1. The summed E-state index contributed by atoms with van der Waals surface area (Å²) in [6.45, 7) is 3.55. The number of benzene rings is 2. The first-order valence-electron chi connectivity index (χ1n) is 11.0. The Bertz CT molecular complexity index is 1330. The lowest BCUT2D eigenvalue weighted by atomic mass is 9.99. The van der Waals surface area contributed by atoms with E-state index in [0.717, 1.165) is 22.0 Å². The molecule has 2 N–H and O–H groups in total. The van der Waals surface area contributed by atoms with Crippen LogP contribution in [0.15, 0.2) is 53.3 Å². The number of fused-ring (bicyclic) bond motifs is 1. The molecule has 1 fully saturated rings. The lowest BCUT2D eigenvalue weighted by molar-refractivity contribution is 0.0659. The summed E-state index contributed by atoms with van der Waals surface area (Å²) in [7, 11) is 0. The summed E-state index contributed by atoms with van der Waals surface area (Å²) in [5.74, 6) is 0.228. The topological polar surface area (TPSA) is 99.9 Å². The third-order valence-electron chi connectivity index (χ3n) is 6.24. The van der Waals surface area contributed by atoms with E-state index in [0.29, 0.717) is 43.9 Å². The molecule has 0 saturated carbocycles. The van der Waals surface area contributed by atoms with Crippen LogP contribution in [0.4, 0.5) is 4.39 Å². The zero-order valence-electron chi connectivity index (χ0n) is 18.3. The third kappa shape index (κ3) is 4.42. The summed E-state index contributed by atoms with van der Waals surface area (Å²) in [6.07, 6.45) is 0.872. The average molecular weight is 449 g/mol. The highest BCUT2D eigenvalue weighted by atomic mass is 19.1. The fourth-order valence-corrected chi connectivity index (χ4v) is 4.46. The van der Waals surface area contributed by atoms with Gasteiger partial charge in [0.15, 0.2) is 5.82 Å². The average Bonchev–Trinajstić information content (AvgIpc) is 3.25. The monoisotopic (exact) mass is 448 g/mol. The Morgan fingerprint density at radius 3 is 2.67 bits per heavy atom. The number of aryl methyl sites for hydroxylation is 1. The normalized spacial score (nSPS) is 16.3. The van der Waals surface area contributed by atoms with Crippen LogP contribution in [0.25, 0.3) is 10.9 Å². The maximum absolute atomic E-state index is 13.4. The fraction of sp³-hybridized carbons (Fsp3) is 0.333. The molecule has 0 radical (unpaired) electrons. The zero-order valence-corrected chi connectivity index (χ0v) is 18.3. The minimum Gasteiger partial charge on any atom is -0.393 e. The molecule has 1 aliphatic heterocycles. The number of rotatable bonds is 5. The largest absolute Gasteiger partial charge is 0.393 e. The molecule has 8 nitrogen and oxygen atoms in total. The smallest absolute Gasteiger partial charge is 0.253 e. The van der Waals surface area contributed by atoms with Gasteiger partial charge >= 0.3 is 0 Å². The minimum atomic E-state index is -0.484. The maximum atomic E-state index is 13.4. The number of pyridine rings is 1. The number of aliphatic hydroxyl groups is 1. The summed E-state index contributed by atoms with van der Waals surface area (Å²) in [5, 5.41) is 23.3. The second kappa shape index (κ2) is 8.84. The van der Waals surface area contributed by atoms with Crippen molar-refractivity contribution in [3.63, 3.8) is 0 Å². The van der Waals surface area contributed by atoms with Crippen LogP contribution in [0.3, 0.4) is 0 Å². The molecule has 0 unspecified atom stereocenters. The molecule has 2 aromatic heterocycles. The van der Waals surface area contributed by atoms with E-state index in [-0.39, 0.29) is 17.5 Å². The SMILES string of the molecule is Cc1ccc2cc([C@H](c3nnnn3Cc3ccc(F)cc3)N3CCC(O)CC3)c(=O)[nH]c2c1. The van der Waals surface area contributed by atoms with Crippen LogP contribution in [-0.4, -0.2) is 54.4 Å². The number of aliphatic hydroxyl groups excluding tert-OH is 1. The number of tetrazole rings is 1. The number of nitrogens with one attached hydrogen (secondary N) is 1. The summed E-state index contributed by atoms with van der Waals surface area (Å²) in [5.41, 5.74) is 3.05. The Morgan fingerprint density at radius 1 is 1.15 bits per heavy atom. The molecular weight excluding hydrogens is 423 g/mol. The maximum Gasteiger partial charge on any atom is 0.253 e. The minimum absolute atomic E-state index is 0.194. The van der Waals surface area contributed by atoms with Gasteiger partial charge in [0.05, 0.1) is 12.6 Å². The Morgan fingerprint density at radius 2 is 1.91 bits per heavy atom. The van der Waals surface area contributed by atoms with Crippen LogP contribution in [-0.2, 0) is 6.54 Å². The van der Waals surface area contributed by atoms with Crippen LogP contribution in [0.1, 0.15) is 41.4 Å². The number of aromatic nitrogens is 5. The molecule has 4 aromatic rings. The van der Waals surface area contributed by atoms with Gasteiger partial charge in [0.1, 0.15) is 11.9 Å². The van der Waals surface area contributed by atoms with Gasteiger partial charge in [-0.05, 0) is 71.0 Å². The van der Waals surface area contributed by atoms with Crippen molar-refractivity contribution in [2.75, 3.05) is 13.1 Å². The Labute approximate surface area is 189 Å². The molecule has 5 rings (SSSR count). The van der Waals surface area contributed by atoms with Gasteiger partial charge in [-0.2, -0.15) is 0 Å². The molecule has 9 heteroatoms. The van der Waals surface area contributed by atoms with E-state index in [1.807, 2.05) is 31.2 Å². The molecule has 0 spiro atoms. The summed E-state index contributed by atoms with van der Waals surface area (Å²) < 4.78 is 15.0. The number of halogens is 1. The van der Waals surface area contributed by atoms with Gasteiger partial charge in [-0.15, -0.1) is 5.10 Å². The Balaban J connectivity index is 1.60. The van der Waals surface area contributed by atoms with Gasteiger partial charge in [0.2, 0.25) is 0 Å². The quantitative estimate of drug-likeness (QED) is 0.487.